The molecule has 0 unspecified atom stereocenters. The van der Waals surface area contributed by atoms with Crippen LogP contribution in [0.4, 0.5) is 0 Å². The number of carbonyl (C=O) groups is 1. The Morgan fingerprint density at radius 3 is 2.44 bits per heavy atom. The van der Waals surface area contributed by atoms with Crippen LogP contribution in [0.2, 0.25) is 0 Å². The molecule has 0 aromatic heterocycles. The maximum absolute atomic E-state index is 11.8. The van der Waals surface area contributed by atoms with Crippen LogP contribution >= 0.6 is 11.8 Å². The zero-order chi connectivity index (χ0) is 13.0. The highest BCUT2D eigenvalue weighted by molar-refractivity contribution is 7.98. The largest absolute Gasteiger partial charge is 0.381 e. The average molecular weight is 260 g/mol. The molecule has 1 fully saturated rings. The Labute approximate surface area is 112 Å². The lowest BCUT2D eigenvalue weighted by molar-refractivity contribution is -0.130. The van der Waals surface area contributed by atoms with Crippen LogP contribution in [0.15, 0.2) is 29.2 Å². The first kappa shape index (κ1) is 13.2. The number of carbonyl (C=O) groups excluding carboxylic acids is 1. The van der Waals surface area contributed by atoms with E-state index in [0.717, 1.165) is 18.4 Å². The monoisotopic (exact) mass is 260 g/mol. The zero-order valence-corrected chi connectivity index (χ0v) is 11.2. The highest BCUT2D eigenvalue weighted by atomic mass is 32.2. The lowest BCUT2D eigenvalue weighted by atomic mass is 9.97. The smallest absolute Gasteiger partial charge is 0.237 e. The summed E-state index contributed by atoms with van der Waals surface area (Å²) in [6.07, 6.45) is 4.93. The molecule has 0 spiro atoms. The number of benzene rings is 1. The number of Topliss-reactive ketones (excluding diaryl/α,β-unsaturated/α-hetero) is 1. The van der Waals surface area contributed by atoms with Gasteiger partial charge in [-0.15, -0.1) is 11.8 Å². The van der Waals surface area contributed by atoms with Crippen molar-refractivity contribution >= 4 is 17.5 Å². The molecule has 0 aliphatic heterocycles. The summed E-state index contributed by atoms with van der Waals surface area (Å²) in [5.74, 6) is 5.06. The van der Waals surface area contributed by atoms with Gasteiger partial charge < -0.3 is 5.11 Å². The van der Waals surface area contributed by atoms with Crippen molar-refractivity contribution in [2.75, 3.05) is 6.26 Å². The molecule has 1 aromatic carbocycles. The van der Waals surface area contributed by atoms with E-state index in [9.17, 15) is 9.90 Å². The standard InChI is InChI=1S/C15H16O2S/c1-18-13-7-4-12(5-8-13)6-9-14(16)15(17)10-2-3-11-15/h4-5,7-8,17H,2-3,10-11H2,1H3. The fourth-order valence-corrected chi connectivity index (χ4v) is 2.51. The Balaban J connectivity index is 2.09. The van der Waals surface area contributed by atoms with Gasteiger partial charge in [0.25, 0.3) is 0 Å². The van der Waals surface area contributed by atoms with Gasteiger partial charge in [-0.05, 0) is 62.1 Å². The summed E-state index contributed by atoms with van der Waals surface area (Å²) in [5, 5.41) is 10.1. The summed E-state index contributed by atoms with van der Waals surface area (Å²) < 4.78 is 0. The highest BCUT2D eigenvalue weighted by Gasteiger charge is 2.37. The van der Waals surface area contributed by atoms with Crippen molar-refractivity contribution in [2.24, 2.45) is 0 Å². The molecule has 1 saturated carbocycles. The molecular formula is C15H16O2S. The highest BCUT2D eigenvalue weighted by Crippen LogP contribution is 2.29. The first-order chi connectivity index (χ1) is 8.64. The molecule has 0 radical (unpaired) electrons. The average Bonchev–Trinajstić information content (AvgIpc) is 2.85. The second-order valence-corrected chi connectivity index (χ2v) is 5.43. The van der Waals surface area contributed by atoms with Crippen molar-refractivity contribution in [3.8, 4) is 11.8 Å². The van der Waals surface area contributed by atoms with Crippen LogP contribution in [-0.4, -0.2) is 22.7 Å². The van der Waals surface area contributed by atoms with Crippen molar-refractivity contribution < 1.29 is 9.90 Å². The summed E-state index contributed by atoms with van der Waals surface area (Å²) in [6.45, 7) is 0. The molecule has 3 heteroatoms. The molecular weight excluding hydrogens is 244 g/mol. The van der Waals surface area contributed by atoms with Crippen molar-refractivity contribution in [2.45, 2.75) is 36.2 Å². The van der Waals surface area contributed by atoms with Crippen molar-refractivity contribution in [3.05, 3.63) is 29.8 Å². The van der Waals surface area contributed by atoms with E-state index >= 15 is 0 Å². The van der Waals surface area contributed by atoms with Crippen LogP contribution in [-0.2, 0) is 4.79 Å². The molecule has 1 aliphatic carbocycles. The molecule has 0 atom stereocenters. The maximum atomic E-state index is 11.8. The second kappa shape index (κ2) is 5.60. The van der Waals surface area contributed by atoms with Gasteiger partial charge in [-0.3, -0.25) is 4.79 Å². The fraction of sp³-hybridized carbons (Fsp3) is 0.400. The molecule has 1 N–H and O–H groups in total. The van der Waals surface area contributed by atoms with Crippen molar-refractivity contribution in [3.63, 3.8) is 0 Å². The number of thioether (sulfide) groups is 1. The third kappa shape index (κ3) is 2.95. The van der Waals surface area contributed by atoms with Gasteiger partial charge in [0.2, 0.25) is 5.78 Å². The molecule has 0 heterocycles. The van der Waals surface area contributed by atoms with Gasteiger partial charge in [-0.25, -0.2) is 0 Å². The molecule has 1 aromatic rings. The van der Waals surface area contributed by atoms with E-state index in [0.29, 0.717) is 12.8 Å². The van der Waals surface area contributed by atoms with E-state index in [1.54, 1.807) is 11.8 Å². The SMILES string of the molecule is CSc1ccc(C#CC(=O)C2(O)CCCC2)cc1. The lowest BCUT2D eigenvalue weighted by Crippen LogP contribution is -2.34. The van der Waals surface area contributed by atoms with Gasteiger partial charge >= 0.3 is 0 Å². The number of aliphatic hydroxyl groups is 1. The van der Waals surface area contributed by atoms with Gasteiger partial charge in [-0.2, -0.15) is 0 Å². The summed E-state index contributed by atoms with van der Waals surface area (Å²) in [6, 6.07) is 7.74. The van der Waals surface area contributed by atoms with E-state index in [1.807, 2.05) is 30.5 Å². The van der Waals surface area contributed by atoms with Gasteiger partial charge in [0.05, 0.1) is 0 Å². The number of ketones is 1. The van der Waals surface area contributed by atoms with Gasteiger partial charge in [0.1, 0.15) is 5.60 Å². The normalized spacial score (nSPS) is 17.0. The molecule has 1 aliphatic rings. The van der Waals surface area contributed by atoms with E-state index in [-0.39, 0.29) is 5.78 Å². The maximum Gasteiger partial charge on any atom is 0.237 e. The molecule has 94 valence electrons. The minimum atomic E-state index is -1.19. The van der Waals surface area contributed by atoms with Crippen LogP contribution in [0.5, 0.6) is 0 Å². The third-order valence-electron chi connectivity index (χ3n) is 3.26. The minimum Gasteiger partial charge on any atom is -0.381 e. The van der Waals surface area contributed by atoms with Gasteiger partial charge in [-0.1, -0.05) is 5.92 Å². The van der Waals surface area contributed by atoms with E-state index in [2.05, 4.69) is 11.8 Å². The minimum absolute atomic E-state index is 0.339. The van der Waals surface area contributed by atoms with Crippen molar-refractivity contribution in [1.29, 1.82) is 0 Å². The Bertz CT molecular complexity index is 487. The number of hydrogen-bond acceptors (Lipinski definition) is 3. The molecule has 18 heavy (non-hydrogen) atoms. The summed E-state index contributed by atoms with van der Waals surface area (Å²) in [5.41, 5.74) is -0.380. The Morgan fingerprint density at radius 1 is 1.28 bits per heavy atom. The van der Waals surface area contributed by atoms with Gasteiger partial charge in [0.15, 0.2) is 0 Å². The summed E-state index contributed by atoms with van der Waals surface area (Å²) >= 11 is 1.67. The van der Waals surface area contributed by atoms with Crippen LogP contribution in [0, 0.1) is 11.8 Å². The quantitative estimate of drug-likeness (QED) is 0.656. The fourth-order valence-electron chi connectivity index (χ4n) is 2.11. The first-order valence-electron chi connectivity index (χ1n) is 6.07. The summed E-state index contributed by atoms with van der Waals surface area (Å²) in [4.78, 5) is 13.0. The third-order valence-corrected chi connectivity index (χ3v) is 4.01. The Kier molecular flexibility index (Phi) is 4.11. The zero-order valence-electron chi connectivity index (χ0n) is 10.4. The summed E-state index contributed by atoms with van der Waals surface area (Å²) in [7, 11) is 0. The van der Waals surface area contributed by atoms with Crippen LogP contribution in [0.25, 0.3) is 0 Å². The van der Waals surface area contributed by atoms with Crippen LogP contribution < -0.4 is 0 Å². The number of hydrogen-bond donors (Lipinski definition) is 1. The van der Waals surface area contributed by atoms with Gasteiger partial charge in [0, 0.05) is 10.5 Å². The van der Waals surface area contributed by atoms with E-state index in [4.69, 9.17) is 0 Å². The predicted molar refractivity (Wildman–Crippen MR) is 73.5 cm³/mol. The molecule has 0 amide bonds. The lowest BCUT2D eigenvalue weighted by Gasteiger charge is -2.15. The van der Waals surface area contributed by atoms with E-state index < -0.39 is 5.60 Å². The number of rotatable bonds is 2. The molecule has 0 saturated heterocycles. The first-order valence-corrected chi connectivity index (χ1v) is 7.29. The Morgan fingerprint density at radius 2 is 1.89 bits per heavy atom. The predicted octanol–water partition coefficient (Wildman–Crippen LogP) is 2.63. The topological polar surface area (TPSA) is 37.3 Å². The Hall–Kier alpha value is -1.24. The van der Waals surface area contributed by atoms with Crippen LogP contribution in [0.3, 0.4) is 0 Å². The second-order valence-electron chi connectivity index (χ2n) is 4.55. The van der Waals surface area contributed by atoms with Crippen LogP contribution in [0.1, 0.15) is 31.2 Å². The molecule has 2 rings (SSSR count). The molecule has 2 nitrogen and oxygen atoms in total. The molecule has 0 bridgehead atoms. The van der Waals surface area contributed by atoms with E-state index in [1.165, 1.54) is 4.90 Å². The van der Waals surface area contributed by atoms with Crippen molar-refractivity contribution in [1.82, 2.24) is 0 Å².